The van der Waals surface area contributed by atoms with E-state index in [-0.39, 0.29) is 10.6 Å². The van der Waals surface area contributed by atoms with E-state index in [1.165, 1.54) is 19.2 Å². The molecule has 1 saturated carbocycles. The third-order valence-electron chi connectivity index (χ3n) is 2.94. The number of aromatic nitrogens is 1. The van der Waals surface area contributed by atoms with Gasteiger partial charge in [-0.3, -0.25) is 9.59 Å². The van der Waals surface area contributed by atoms with Crippen LogP contribution in [-0.4, -0.2) is 34.6 Å². The van der Waals surface area contributed by atoms with Gasteiger partial charge < -0.3 is 15.2 Å². The molecule has 0 aromatic carbocycles. The number of carboxylic acid groups (broad SMARTS) is 1. The third-order valence-corrected chi connectivity index (χ3v) is 3.21. The highest BCUT2D eigenvalue weighted by Gasteiger charge is 2.23. The Kier molecular flexibility index (Phi) is 4.44. The monoisotopic (exact) mass is 298 g/mol. The Morgan fingerprint density at radius 2 is 2.30 bits per heavy atom. The fourth-order valence-corrected chi connectivity index (χ4v) is 1.70. The predicted octanol–water partition coefficient (Wildman–Crippen LogP) is 1.73. The Bertz CT molecular complexity index is 531. The highest BCUT2D eigenvalue weighted by atomic mass is 35.5. The van der Waals surface area contributed by atoms with Gasteiger partial charge in [0.25, 0.3) is 5.91 Å². The van der Waals surface area contributed by atoms with Crippen LogP contribution in [0.4, 0.5) is 0 Å². The number of pyridine rings is 1. The molecule has 2 N–H and O–H groups in total. The summed E-state index contributed by atoms with van der Waals surface area (Å²) in [6.07, 6.45) is 3.63. The van der Waals surface area contributed by atoms with Crippen molar-refractivity contribution >= 4 is 23.5 Å². The number of ether oxygens (including phenoxy) is 1. The molecule has 7 heteroatoms. The SMILES string of the molecule is CC(NC(=O)c1cnc(OCC2CC2)c(Cl)c1)C(=O)O. The lowest BCUT2D eigenvalue weighted by molar-refractivity contribution is -0.138. The molecule has 1 aliphatic carbocycles. The number of carbonyl (C=O) groups excluding carboxylic acids is 1. The standard InChI is InChI=1S/C13H15ClN2O4/c1-7(13(18)19)16-11(17)9-4-10(14)12(15-5-9)20-6-8-2-3-8/h4-5,7-8H,2-3,6H2,1H3,(H,16,17)(H,18,19). The van der Waals surface area contributed by atoms with E-state index in [1.807, 2.05) is 0 Å². The Labute approximate surface area is 121 Å². The number of rotatable bonds is 6. The van der Waals surface area contributed by atoms with Gasteiger partial charge in [-0.15, -0.1) is 0 Å². The number of nitrogens with zero attached hydrogens (tertiary/aromatic N) is 1. The van der Waals surface area contributed by atoms with Crippen LogP contribution < -0.4 is 10.1 Å². The maximum atomic E-state index is 11.8. The Morgan fingerprint density at radius 3 is 2.85 bits per heavy atom. The third kappa shape index (κ3) is 3.84. The van der Waals surface area contributed by atoms with Crippen molar-refractivity contribution in [3.63, 3.8) is 0 Å². The van der Waals surface area contributed by atoms with E-state index >= 15 is 0 Å². The normalized spacial score (nSPS) is 15.5. The molecule has 0 saturated heterocycles. The van der Waals surface area contributed by atoms with Crippen LogP contribution in [0.1, 0.15) is 30.1 Å². The van der Waals surface area contributed by atoms with Gasteiger partial charge in [0.2, 0.25) is 5.88 Å². The van der Waals surface area contributed by atoms with Crippen LogP contribution in [0.2, 0.25) is 5.02 Å². The summed E-state index contributed by atoms with van der Waals surface area (Å²) in [7, 11) is 0. The van der Waals surface area contributed by atoms with Crippen LogP contribution in [-0.2, 0) is 4.79 Å². The Balaban J connectivity index is 1.99. The van der Waals surface area contributed by atoms with Crippen LogP contribution in [0.15, 0.2) is 12.3 Å². The lowest BCUT2D eigenvalue weighted by atomic mass is 10.2. The Morgan fingerprint density at radius 1 is 1.60 bits per heavy atom. The summed E-state index contributed by atoms with van der Waals surface area (Å²) in [5.74, 6) is -0.779. The molecule has 20 heavy (non-hydrogen) atoms. The molecule has 1 fully saturated rings. The van der Waals surface area contributed by atoms with E-state index in [2.05, 4.69) is 10.3 Å². The van der Waals surface area contributed by atoms with Gasteiger partial charge in [0, 0.05) is 6.20 Å². The molecule has 0 aliphatic heterocycles. The maximum Gasteiger partial charge on any atom is 0.325 e. The largest absolute Gasteiger partial charge is 0.480 e. The number of amides is 1. The van der Waals surface area contributed by atoms with E-state index in [0.29, 0.717) is 18.4 Å². The van der Waals surface area contributed by atoms with Crippen molar-refractivity contribution in [3.8, 4) is 5.88 Å². The zero-order valence-corrected chi connectivity index (χ0v) is 11.7. The van der Waals surface area contributed by atoms with Gasteiger partial charge in [-0.25, -0.2) is 4.98 Å². The van der Waals surface area contributed by atoms with Crippen molar-refractivity contribution in [2.75, 3.05) is 6.61 Å². The fourth-order valence-electron chi connectivity index (χ4n) is 1.48. The van der Waals surface area contributed by atoms with Crippen LogP contribution in [0.25, 0.3) is 0 Å². The first-order valence-corrected chi connectivity index (χ1v) is 6.67. The number of hydrogen-bond donors (Lipinski definition) is 2. The molecule has 1 atom stereocenters. The average molecular weight is 299 g/mol. The maximum absolute atomic E-state index is 11.8. The molecular weight excluding hydrogens is 284 g/mol. The fraction of sp³-hybridized carbons (Fsp3) is 0.462. The molecule has 108 valence electrons. The number of hydrogen-bond acceptors (Lipinski definition) is 4. The topological polar surface area (TPSA) is 88.5 Å². The minimum absolute atomic E-state index is 0.196. The molecular formula is C13H15ClN2O4. The molecule has 1 amide bonds. The predicted molar refractivity (Wildman–Crippen MR) is 72.0 cm³/mol. The molecule has 1 aliphatic rings. The molecule has 0 radical (unpaired) electrons. The van der Waals surface area contributed by atoms with Crippen LogP contribution in [0.5, 0.6) is 5.88 Å². The first-order chi connectivity index (χ1) is 9.47. The second-order valence-corrected chi connectivity index (χ2v) is 5.21. The molecule has 1 heterocycles. The van der Waals surface area contributed by atoms with Gasteiger partial charge >= 0.3 is 5.97 Å². The van der Waals surface area contributed by atoms with E-state index in [1.54, 1.807) is 0 Å². The number of nitrogens with one attached hydrogen (secondary N) is 1. The number of carbonyl (C=O) groups is 2. The molecule has 6 nitrogen and oxygen atoms in total. The van der Waals surface area contributed by atoms with Gasteiger partial charge in [-0.05, 0) is 31.7 Å². The van der Waals surface area contributed by atoms with Gasteiger partial charge in [0.05, 0.1) is 12.2 Å². The second kappa shape index (κ2) is 6.09. The van der Waals surface area contributed by atoms with Crippen LogP contribution in [0.3, 0.4) is 0 Å². The second-order valence-electron chi connectivity index (χ2n) is 4.80. The summed E-state index contributed by atoms with van der Waals surface area (Å²) in [4.78, 5) is 26.4. The van der Waals surface area contributed by atoms with Gasteiger partial charge in [-0.1, -0.05) is 11.6 Å². The molecule has 2 rings (SSSR count). The van der Waals surface area contributed by atoms with Gasteiger partial charge in [0.1, 0.15) is 11.1 Å². The van der Waals surface area contributed by atoms with E-state index in [9.17, 15) is 9.59 Å². The minimum atomic E-state index is -1.11. The van der Waals surface area contributed by atoms with Crippen molar-refractivity contribution < 1.29 is 19.4 Å². The average Bonchev–Trinajstić information content (AvgIpc) is 3.21. The summed E-state index contributed by atoms with van der Waals surface area (Å²) < 4.78 is 5.45. The number of halogens is 1. The zero-order chi connectivity index (χ0) is 14.7. The summed E-state index contributed by atoms with van der Waals surface area (Å²) in [6.45, 7) is 1.96. The molecule has 1 aromatic rings. The van der Waals surface area contributed by atoms with Gasteiger partial charge in [0.15, 0.2) is 0 Å². The molecule has 1 aromatic heterocycles. The van der Waals surface area contributed by atoms with E-state index in [4.69, 9.17) is 21.4 Å². The van der Waals surface area contributed by atoms with Crippen molar-refractivity contribution in [1.82, 2.24) is 10.3 Å². The summed E-state index contributed by atoms with van der Waals surface area (Å²) in [5, 5.41) is 11.3. The first-order valence-electron chi connectivity index (χ1n) is 6.29. The molecule has 0 bridgehead atoms. The number of carboxylic acids is 1. The highest BCUT2D eigenvalue weighted by molar-refractivity contribution is 6.32. The lowest BCUT2D eigenvalue weighted by Crippen LogP contribution is -2.38. The minimum Gasteiger partial charge on any atom is -0.480 e. The van der Waals surface area contributed by atoms with Crippen LogP contribution in [0, 0.1) is 5.92 Å². The summed E-state index contributed by atoms with van der Waals surface area (Å²) >= 11 is 5.99. The first kappa shape index (κ1) is 14.6. The number of aliphatic carboxylic acids is 1. The highest BCUT2D eigenvalue weighted by Crippen LogP contribution is 2.30. The molecule has 0 spiro atoms. The van der Waals surface area contributed by atoms with E-state index < -0.39 is 17.9 Å². The Hall–Kier alpha value is -1.82. The zero-order valence-electron chi connectivity index (χ0n) is 10.9. The van der Waals surface area contributed by atoms with Gasteiger partial charge in [-0.2, -0.15) is 0 Å². The summed E-state index contributed by atoms with van der Waals surface area (Å²) in [5.41, 5.74) is 0.196. The lowest BCUT2D eigenvalue weighted by Gasteiger charge is -2.10. The smallest absolute Gasteiger partial charge is 0.325 e. The van der Waals surface area contributed by atoms with Crippen molar-refractivity contribution in [2.45, 2.75) is 25.8 Å². The molecule has 1 unspecified atom stereocenters. The van der Waals surface area contributed by atoms with Crippen molar-refractivity contribution in [3.05, 3.63) is 22.8 Å². The van der Waals surface area contributed by atoms with Crippen LogP contribution >= 0.6 is 11.6 Å². The van der Waals surface area contributed by atoms with Crippen molar-refractivity contribution in [1.29, 1.82) is 0 Å². The summed E-state index contributed by atoms with van der Waals surface area (Å²) in [6, 6.07) is 0.438. The van der Waals surface area contributed by atoms with Crippen molar-refractivity contribution in [2.24, 2.45) is 5.92 Å². The van der Waals surface area contributed by atoms with E-state index in [0.717, 1.165) is 12.8 Å². The quantitative estimate of drug-likeness (QED) is 0.835.